The van der Waals surface area contributed by atoms with Crippen LogP contribution in [-0.2, 0) is 31.0 Å². The maximum absolute atomic E-state index is 13.5. The first-order valence-corrected chi connectivity index (χ1v) is 13.9. The SMILES string of the molecule is Fc1ccc2nc(-c3ccc(Cn4cc(COCc5cn(Cc6ccc(-c7nc8ccc(F)cc8[nH]7)o6)nn5)nn4)o3)[nH]c2c1. The molecule has 15 heteroatoms. The summed E-state index contributed by atoms with van der Waals surface area (Å²) in [5.74, 6) is 2.74. The van der Waals surface area contributed by atoms with Crippen LogP contribution in [0.5, 0.6) is 0 Å². The Bertz CT molecular complexity index is 2110. The molecule has 0 amide bonds. The van der Waals surface area contributed by atoms with E-state index in [2.05, 4.69) is 40.6 Å². The Balaban J connectivity index is 0.835. The molecule has 2 N–H and O–H groups in total. The minimum atomic E-state index is -0.336. The smallest absolute Gasteiger partial charge is 0.174 e. The number of benzene rings is 2. The molecule has 0 saturated carbocycles. The lowest BCUT2D eigenvalue weighted by Crippen LogP contribution is -1.99. The highest BCUT2D eigenvalue weighted by Gasteiger charge is 2.14. The van der Waals surface area contributed by atoms with Gasteiger partial charge in [0, 0.05) is 0 Å². The summed E-state index contributed by atoms with van der Waals surface area (Å²) in [6, 6.07) is 16.0. The number of nitrogens with zero attached hydrogens (tertiary/aromatic N) is 8. The fraction of sp³-hybridized carbons (Fsp3) is 0.133. The number of aromatic nitrogens is 10. The molecule has 0 fully saturated rings. The zero-order valence-corrected chi connectivity index (χ0v) is 23.3. The summed E-state index contributed by atoms with van der Waals surface area (Å²) in [7, 11) is 0. The number of nitrogens with one attached hydrogen (secondary N) is 2. The summed E-state index contributed by atoms with van der Waals surface area (Å²) in [6.07, 6.45) is 3.55. The molecule has 6 aromatic heterocycles. The van der Waals surface area contributed by atoms with E-state index in [0.717, 1.165) is 0 Å². The summed E-state index contributed by atoms with van der Waals surface area (Å²) in [4.78, 5) is 15.1. The van der Waals surface area contributed by atoms with Crippen LogP contribution >= 0.6 is 0 Å². The van der Waals surface area contributed by atoms with Crippen molar-refractivity contribution in [3.63, 3.8) is 0 Å². The molecule has 6 heterocycles. The molecule has 45 heavy (non-hydrogen) atoms. The monoisotopic (exact) mass is 608 g/mol. The second-order valence-corrected chi connectivity index (χ2v) is 10.3. The minimum absolute atomic E-state index is 0.231. The van der Waals surface area contributed by atoms with Crippen LogP contribution in [-0.4, -0.2) is 49.9 Å². The molecule has 0 bridgehead atoms. The molecule has 0 saturated heterocycles. The van der Waals surface area contributed by atoms with Crippen LogP contribution in [0.25, 0.3) is 45.2 Å². The van der Waals surface area contributed by atoms with E-state index in [1.807, 2.05) is 12.1 Å². The van der Waals surface area contributed by atoms with Crippen molar-refractivity contribution in [1.29, 1.82) is 0 Å². The van der Waals surface area contributed by atoms with Gasteiger partial charge in [0.2, 0.25) is 0 Å². The van der Waals surface area contributed by atoms with Gasteiger partial charge in [0.25, 0.3) is 0 Å². The topological polar surface area (TPSA) is 154 Å². The fourth-order valence-corrected chi connectivity index (χ4v) is 4.92. The minimum Gasteiger partial charge on any atom is -0.456 e. The van der Waals surface area contributed by atoms with E-state index < -0.39 is 0 Å². The zero-order valence-electron chi connectivity index (χ0n) is 23.3. The molecule has 0 unspecified atom stereocenters. The number of imidazole rings is 2. The summed E-state index contributed by atoms with van der Waals surface area (Å²) in [5.41, 5.74) is 3.78. The van der Waals surface area contributed by atoms with Gasteiger partial charge in [0.05, 0.1) is 47.7 Å². The van der Waals surface area contributed by atoms with Gasteiger partial charge in [-0.2, -0.15) is 0 Å². The van der Waals surface area contributed by atoms with Gasteiger partial charge in [0.15, 0.2) is 23.2 Å². The molecular weight excluding hydrogens is 586 g/mol. The van der Waals surface area contributed by atoms with Crippen molar-refractivity contribution >= 4 is 22.1 Å². The van der Waals surface area contributed by atoms with Gasteiger partial charge in [0.1, 0.15) is 47.6 Å². The lowest BCUT2D eigenvalue weighted by molar-refractivity contribution is 0.102. The third-order valence-electron chi connectivity index (χ3n) is 6.99. The molecule has 8 aromatic rings. The van der Waals surface area contributed by atoms with Crippen molar-refractivity contribution in [3.05, 3.63) is 108 Å². The molecule has 0 spiro atoms. The van der Waals surface area contributed by atoms with E-state index in [-0.39, 0.29) is 24.8 Å². The molecule has 0 aliphatic heterocycles. The van der Waals surface area contributed by atoms with Crippen molar-refractivity contribution < 1.29 is 22.4 Å². The highest BCUT2D eigenvalue weighted by Crippen LogP contribution is 2.25. The lowest BCUT2D eigenvalue weighted by Gasteiger charge is -1.98. The first-order valence-electron chi connectivity index (χ1n) is 13.9. The van der Waals surface area contributed by atoms with Crippen LogP contribution in [0, 0.1) is 11.6 Å². The Hall–Kier alpha value is -5.96. The average molecular weight is 609 g/mol. The number of furan rings is 2. The highest BCUT2D eigenvalue weighted by atomic mass is 19.1. The van der Waals surface area contributed by atoms with Crippen molar-refractivity contribution in [2.75, 3.05) is 0 Å². The molecule has 13 nitrogen and oxygen atoms in total. The number of halogens is 2. The summed E-state index contributed by atoms with van der Waals surface area (Å²) >= 11 is 0. The van der Waals surface area contributed by atoms with E-state index in [9.17, 15) is 8.78 Å². The van der Waals surface area contributed by atoms with Gasteiger partial charge in [-0.05, 0) is 60.7 Å². The number of ether oxygens (including phenoxy) is 1. The Labute approximate surface area is 251 Å². The molecule has 2 aromatic carbocycles. The van der Waals surface area contributed by atoms with Gasteiger partial charge < -0.3 is 23.5 Å². The molecule has 0 aliphatic carbocycles. The quantitative estimate of drug-likeness (QED) is 0.212. The fourth-order valence-electron chi connectivity index (χ4n) is 4.92. The number of aromatic amines is 2. The van der Waals surface area contributed by atoms with Crippen molar-refractivity contribution in [3.8, 4) is 23.2 Å². The van der Waals surface area contributed by atoms with E-state index in [4.69, 9.17) is 13.6 Å². The van der Waals surface area contributed by atoms with Crippen molar-refractivity contribution in [2.24, 2.45) is 0 Å². The first-order chi connectivity index (χ1) is 22.0. The molecule has 0 radical (unpaired) electrons. The Morgan fingerprint density at radius 1 is 0.644 bits per heavy atom. The van der Waals surface area contributed by atoms with Gasteiger partial charge in [-0.1, -0.05) is 10.4 Å². The molecule has 224 valence electrons. The van der Waals surface area contributed by atoms with E-state index in [1.165, 1.54) is 24.3 Å². The number of hydrogen-bond donors (Lipinski definition) is 2. The van der Waals surface area contributed by atoms with E-state index in [1.54, 1.807) is 46.0 Å². The second-order valence-electron chi connectivity index (χ2n) is 10.3. The Morgan fingerprint density at radius 2 is 1.13 bits per heavy atom. The Morgan fingerprint density at radius 3 is 1.62 bits per heavy atom. The predicted molar refractivity (Wildman–Crippen MR) is 154 cm³/mol. The van der Waals surface area contributed by atoms with Crippen LogP contribution in [0.1, 0.15) is 22.9 Å². The average Bonchev–Trinajstić information content (AvgIpc) is 3.86. The molecule has 0 atom stereocenters. The van der Waals surface area contributed by atoms with Crippen LogP contribution in [0.4, 0.5) is 8.78 Å². The van der Waals surface area contributed by atoms with E-state index >= 15 is 0 Å². The molecular formula is C30H22F2N10O3. The number of hydrogen-bond acceptors (Lipinski definition) is 9. The zero-order chi connectivity index (χ0) is 30.3. The van der Waals surface area contributed by atoms with Crippen LogP contribution in [0.2, 0.25) is 0 Å². The van der Waals surface area contributed by atoms with Gasteiger partial charge in [-0.15, -0.1) is 10.2 Å². The lowest BCUT2D eigenvalue weighted by atomic mass is 10.3. The van der Waals surface area contributed by atoms with E-state index in [0.29, 0.717) is 81.2 Å². The number of H-pyrrole nitrogens is 2. The first kappa shape index (κ1) is 26.7. The van der Waals surface area contributed by atoms with Gasteiger partial charge in [-0.3, -0.25) is 0 Å². The predicted octanol–water partition coefficient (Wildman–Crippen LogP) is 5.23. The third-order valence-corrected chi connectivity index (χ3v) is 6.99. The third kappa shape index (κ3) is 5.59. The van der Waals surface area contributed by atoms with Crippen LogP contribution in [0.3, 0.4) is 0 Å². The number of fused-ring (bicyclic) bond motifs is 2. The largest absolute Gasteiger partial charge is 0.456 e. The van der Waals surface area contributed by atoms with Crippen molar-refractivity contribution in [1.82, 2.24) is 49.9 Å². The normalized spacial score (nSPS) is 11.8. The summed E-state index contributed by atoms with van der Waals surface area (Å²) in [6.45, 7) is 1.18. The molecule has 0 aliphatic rings. The van der Waals surface area contributed by atoms with Gasteiger partial charge in [-0.25, -0.2) is 28.1 Å². The van der Waals surface area contributed by atoms with Crippen LogP contribution < -0.4 is 0 Å². The standard InChI is InChI=1S/C30H22F2N10O3/c31-17-1-5-23-25(9-17)35-29(33-23)27-7-3-21(44-27)13-41-11-19(37-39-41)15-43-16-20-12-42(40-38-20)14-22-4-8-28(45-22)30-34-24-6-2-18(32)10-26(24)36-30/h1-12H,13-16H2,(H,33,35)(H,34,36). The highest BCUT2D eigenvalue weighted by molar-refractivity contribution is 5.79. The summed E-state index contributed by atoms with van der Waals surface area (Å²) < 4.78 is 47.9. The van der Waals surface area contributed by atoms with Gasteiger partial charge >= 0.3 is 0 Å². The molecule has 8 rings (SSSR count). The maximum atomic E-state index is 13.5. The summed E-state index contributed by atoms with van der Waals surface area (Å²) in [5, 5.41) is 16.6. The maximum Gasteiger partial charge on any atom is 0.174 e. The van der Waals surface area contributed by atoms with Crippen LogP contribution in [0.15, 0.2) is 81.9 Å². The Kier molecular flexibility index (Phi) is 6.48. The number of rotatable bonds is 10. The second kappa shape index (κ2) is 10.9. The van der Waals surface area contributed by atoms with Crippen molar-refractivity contribution in [2.45, 2.75) is 26.3 Å².